The summed E-state index contributed by atoms with van der Waals surface area (Å²) in [6.07, 6.45) is 2.77. The van der Waals surface area contributed by atoms with Gasteiger partial charge in [-0.25, -0.2) is 0 Å². The Labute approximate surface area is 98.0 Å². The van der Waals surface area contributed by atoms with Crippen LogP contribution >= 0.6 is 27.3 Å². The van der Waals surface area contributed by atoms with E-state index in [0.717, 1.165) is 6.54 Å². The van der Waals surface area contributed by atoms with Gasteiger partial charge in [0.2, 0.25) is 0 Å². The third-order valence-electron chi connectivity index (χ3n) is 2.98. The van der Waals surface area contributed by atoms with Crippen LogP contribution in [0.15, 0.2) is 15.9 Å². The average molecular weight is 274 g/mol. The molecule has 0 saturated heterocycles. The lowest BCUT2D eigenvalue weighted by molar-refractivity contribution is 0.460. The fourth-order valence-corrected chi connectivity index (χ4v) is 3.25. The molecule has 1 heterocycles. The predicted molar refractivity (Wildman–Crippen MR) is 65.8 cm³/mol. The Morgan fingerprint density at radius 1 is 1.64 bits per heavy atom. The van der Waals surface area contributed by atoms with Crippen LogP contribution in [0.25, 0.3) is 0 Å². The minimum absolute atomic E-state index is 0.474. The van der Waals surface area contributed by atoms with E-state index in [1.54, 1.807) is 0 Å². The highest BCUT2D eigenvalue weighted by molar-refractivity contribution is 9.10. The standard InChI is InChI=1S/C11H16BrNS/c1-8(10-9(12)3-6-14-10)13-7-11(2)4-5-11/h3,6,8,13H,4-5,7H2,1-2H3. The largest absolute Gasteiger partial charge is 0.309 e. The lowest BCUT2D eigenvalue weighted by Gasteiger charge is -2.16. The second-order valence-corrected chi connectivity index (χ2v) is 6.35. The van der Waals surface area contributed by atoms with E-state index in [1.807, 2.05) is 11.3 Å². The highest BCUT2D eigenvalue weighted by Gasteiger charge is 2.37. The fourth-order valence-electron chi connectivity index (χ4n) is 1.50. The molecule has 1 aliphatic carbocycles. The first-order valence-corrected chi connectivity index (χ1v) is 6.74. The Morgan fingerprint density at radius 2 is 2.36 bits per heavy atom. The Bertz CT molecular complexity index is 317. The van der Waals surface area contributed by atoms with Gasteiger partial charge in [0.05, 0.1) is 0 Å². The predicted octanol–water partition coefficient (Wildman–Crippen LogP) is 3.96. The molecule has 14 heavy (non-hydrogen) atoms. The first kappa shape index (κ1) is 10.7. The summed E-state index contributed by atoms with van der Waals surface area (Å²) in [7, 11) is 0. The molecular formula is C11H16BrNS. The molecule has 1 nitrogen and oxygen atoms in total. The van der Waals surface area contributed by atoms with E-state index >= 15 is 0 Å². The molecule has 1 aromatic rings. The van der Waals surface area contributed by atoms with Crippen LogP contribution in [0, 0.1) is 5.41 Å². The molecule has 1 unspecified atom stereocenters. The molecule has 78 valence electrons. The van der Waals surface area contributed by atoms with Crippen molar-refractivity contribution >= 4 is 27.3 Å². The van der Waals surface area contributed by atoms with Gasteiger partial charge in [-0.2, -0.15) is 0 Å². The summed E-state index contributed by atoms with van der Waals surface area (Å²) in [5.41, 5.74) is 0.595. The maximum atomic E-state index is 3.61. The van der Waals surface area contributed by atoms with Gasteiger partial charge in [0, 0.05) is 21.9 Å². The molecule has 1 aliphatic rings. The summed E-state index contributed by atoms with van der Waals surface area (Å²) >= 11 is 5.39. The minimum Gasteiger partial charge on any atom is -0.309 e. The number of rotatable bonds is 4. The van der Waals surface area contributed by atoms with Crippen molar-refractivity contribution in [3.8, 4) is 0 Å². The van der Waals surface area contributed by atoms with Crippen LogP contribution in [0.1, 0.15) is 37.6 Å². The number of thiophene rings is 1. The number of hydrogen-bond donors (Lipinski definition) is 1. The molecule has 1 N–H and O–H groups in total. The highest BCUT2D eigenvalue weighted by atomic mass is 79.9. The first-order valence-electron chi connectivity index (χ1n) is 5.07. The van der Waals surface area contributed by atoms with E-state index in [0.29, 0.717) is 11.5 Å². The van der Waals surface area contributed by atoms with Gasteiger partial charge < -0.3 is 5.32 Å². The van der Waals surface area contributed by atoms with Crippen molar-refractivity contribution in [3.05, 3.63) is 20.8 Å². The van der Waals surface area contributed by atoms with E-state index in [-0.39, 0.29) is 0 Å². The maximum Gasteiger partial charge on any atom is 0.0397 e. The highest BCUT2D eigenvalue weighted by Crippen LogP contribution is 2.44. The normalized spacial score (nSPS) is 20.8. The summed E-state index contributed by atoms with van der Waals surface area (Å²) in [6, 6.07) is 2.60. The molecule has 0 aromatic carbocycles. The van der Waals surface area contributed by atoms with Gasteiger partial charge in [0.25, 0.3) is 0 Å². The Kier molecular flexibility index (Phi) is 3.01. The summed E-state index contributed by atoms with van der Waals surface area (Å²) in [5, 5.41) is 5.74. The van der Waals surface area contributed by atoms with E-state index in [2.05, 4.69) is 46.5 Å². The zero-order valence-electron chi connectivity index (χ0n) is 8.64. The Balaban J connectivity index is 1.89. The van der Waals surface area contributed by atoms with Crippen molar-refractivity contribution in [2.75, 3.05) is 6.54 Å². The SMILES string of the molecule is CC(NCC1(C)CC1)c1sccc1Br. The number of halogens is 1. The Morgan fingerprint density at radius 3 is 2.86 bits per heavy atom. The topological polar surface area (TPSA) is 12.0 Å². The molecule has 3 heteroatoms. The van der Waals surface area contributed by atoms with Gasteiger partial charge in [-0.15, -0.1) is 11.3 Å². The lowest BCUT2D eigenvalue weighted by Crippen LogP contribution is -2.24. The monoisotopic (exact) mass is 273 g/mol. The van der Waals surface area contributed by atoms with Gasteiger partial charge >= 0.3 is 0 Å². The van der Waals surface area contributed by atoms with Gasteiger partial charge in [-0.05, 0) is 52.6 Å². The van der Waals surface area contributed by atoms with Crippen molar-refractivity contribution in [2.45, 2.75) is 32.7 Å². The number of nitrogens with one attached hydrogen (secondary N) is 1. The zero-order valence-corrected chi connectivity index (χ0v) is 11.0. The van der Waals surface area contributed by atoms with Gasteiger partial charge in [-0.1, -0.05) is 6.92 Å². The van der Waals surface area contributed by atoms with Crippen LogP contribution in [-0.2, 0) is 0 Å². The Hall–Kier alpha value is 0.140. The molecule has 0 amide bonds. The van der Waals surface area contributed by atoms with Crippen LogP contribution < -0.4 is 5.32 Å². The molecule has 1 fully saturated rings. The second kappa shape index (κ2) is 3.95. The lowest BCUT2D eigenvalue weighted by atomic mass is 10.1. The van der Waals surface area contributed by atoms with E-state index < -0.39 is 0 Å². The van der Waals surface area contributed by atoms with Crippen LogP contribution in [0.3, 0.4) is 0 Å². The summed E-state index contributed by atoms with van der Waals surface area (Å²) in [4.78, 5) is 1.41. The van der Waals surface area contributed by atoms with E-state index in [1.165, 1.54) is 22.2 Å². The fraction of sp³-hybridized carbons (Fsp3) is 0.636. The molecule has 0 bridgehead atoms. The number of hydrogen-bond acceptors (Lipinski definition) is 2. The zero-order chi connectivity index (χ0) is 10.2. The van der Waals surface area contributed by atoms with Crippen LogP contribution in [0.5, 0.6) is 0 Å². The summed E-state index contributed by atoms with van der Waals surface area (Å²) < 4.78 is 1.24. The molecule has 0 aliphatic heterocycles. The third kappa shape index (κ3) is 2.38. The minimum atomic E-state index is 0.474. The maximum absolute atomic E-state index is 3.61. The molecule has 1 aromatic heterocycles. The third-order valence-corrected chi connectivity index (χ3v) is 5.03. The van der Waals surface area contributed by atoms with Crippen molar-refractivity contribution in [3.63, 3.8) is 0 Å². The van der Waals surface area contributed by atoms with E-state index in [4.69, 9.17) is 0 Å². The van der Waals surface area contributed by atoms with E-state index in [9.17, 15) is 0 Å². The van der Waals surface area contributed by atoms with Gasteiger partial charge in [-0.3, -0.25) is 0 Å². The van der Waals surface area contributed by atoms with Crippen molar-refractivity contribution in [2.24, 2.45) is 5.41 Å². The second-order valence-electron chi connectivity index (χ2n) is 4.55. The molecule has 0 radical (unpaired) electrons. The van der Waals surface area contributed by atoms with Gasteiger partial charge in [0.1, 0.15) is 0 Å². The molecular weight excluding hydrogens is 258 g/mol. The van der Waals surface area contributed by atoms with Crippen molar-refractivity contribution in [1.29, 1.82) is 0 Å². The summed E-state index contributed by atoms with van der Waals surface area (Å²) in [5.74, 6) is 0. The quantitative estimate of drug-likeness (QED) is 0.876. The van der Waals surface area contributed by atoms with Crippen LogP contribution in [0.2, 0.25) is 0 Å². The smallest absolute Gasteiger partial charge is 0.0397 e. The molecule has 1 atom stereocenters. The van der Waals surface area contributed by atoms with Gasteiger partial charge in [0.15, 0.2) is 0 Å². The summed E-state index contributed by atoms with van der Waals surface area (Å²) in [6.45, 7) is 5.75. The van der Waals surface area contributed by atoms with Crippen LogP contribution in [-0.4, -0.2) is 6.54 Å². The van der Waals surface area contributed by atoms with Crippen molar-refractivity contribution in [1.82, 2.24) is 5.32 Å². The average Bonchev–Trinajstić information content (AvgIpc) is 2.72. The molecule has 1 saturated carbocycles. The molecule has 2 rings (SSSR count). The first-order chi connectivity index (χ1) is 6.61. The van der Waals surface area contributed by atoms with Crippen molar-refractivity contribution < 1.29 is 0 Å². The van der Waals surface area contributed by atoms with Crippen LogP contribution in [0.4, 0.5) is 0 Å². The molecule has 0 spiro atoms.